The minimum absolute atomic E-state index is 0.237. The monoisotopic (exact) mass is 363 g/mol. The van der Waals surface area contributed by atoms with Crippen molar-refractivity contribution in [1.82, 2.24) is 14.9 Å². The molecule has 0 radical (unpaired) electrons. The molecule has 24 heavy (non-hydrogen) atoms. The van der Waals surface area contributed by atoms with Crippen LogP contribution in [0.1, 0.15) is 43.0 Å². The number of piperidine rings is 1. The van der Waals surface area contributed by atoms with Crippen LogP contribution in [0, 0.1) is 19.8 Å². The molecular weight excluding hydrogens is 338 g/mol. The molecule has 1 aliphatic heterocycles. The zero-order valence-corrected chi connectivity index (χ0v) is 16.5. The normalized spacial score (nSPS) is 16.1. The minimum atomic E-state index is 0.237. The van der Waals surface area contributed by atoms with Crippen molar-refractivity contribution < 1.29 is 4.79 Å². The maximum absolute atomic E-state index is 12.5. The van der Waals surface area contributed by atoms with Crippen LogP contribution in [0.5, 0.6) is 0 Å². The quantitative estimate of drug-likeness (QED) is 0.603. The summed E-state index contributed by atoms with van der Waals surface area (Å²) in [6.45, 7) is 10.4. The van der Waals surface area contributed by atoms with Crippen molar-refractivity contribution in [3.8, 4) is 0 Å². The Morgan fingerprint density at radius 2 is 2.00 bits per heavy atom. The zero-order valence-electron chi connectivity index (χ0n) is 14.9. The second kappa shape index (κ2) is 7.40. The Labute approximate surface area is 152 Å². The molecule has 130 valence electrons. The summed E-state index contributed by atoms with van der Waals surface area (Å²) in [5.41, 5.74) is 1.25. The van der Waals surface area contributed by atoms with Gasteiger partial charge >= 0.3 is 0 Å². The van der Waals surface area contributed by atoms with E-state index in [1.807, 2.05) is 4.90 Å². The predicted octanol–water partition coefficient (Wildman–Crippen LogP) is 4.22. The topological polar surface area (TPSA) is 46.1 Å². The summed E-state index contributed by atoms with van der Waals surface area (Å²) in [5.74, 6) is 2.32. The molecule has 1 aliphatic rings. The highest BCUT2D eigenvalue weighted by atomic mass is 32.2. The number of fused-ring (bicyclic) bond motifs is 1. The predicted molar refractivity (Wildman–Crippen MR) is 102 cm³/mol. The first kappa shape index (κ1) is 17.7. The van der Waals surface area contributed by atoms with Gasteiger partial charge in [0.25, 0.3) is 0 Å². The van der Waals surface area contributed by atoms with Gasteiger partial charge in [-0.25, -0.2) is 9.97 Å². The largest absolute Gasteiger partial charge is 0.342 e. The summed E-state index contributed by atoms with van der Waals surface area (Å²) in [7, 11) is 0. The van der Waals surface area contributed by atoms with Gasteiger partial charge in [-0.15, -0.1) is 11.3 Å². The van der Waals surface area contributed by atoms with E-state index in [-0.39, 0.29) is 5.91 Å². The van der Waals surface area contributed by atoms with Crippen molar-refractivity contribution in [3.63, 3.8) is 0 Å². The van der Waals surface area contributed by atoms with Gasteiger partial charge in [0.1, 0.15) is 15.7 Å². The van der Waals surface area contributed by atoms with Crippen LogP contribution >= 0.6 is 23.1 Å². The van der Waals surface area contributed by atoms with Crippen molar-refractivity contribution in [2.45, 2.75) is 52.0 Å². The van der Waals surface area contributed by atoms with Gasteiger partial charge in [-0.2, -0.15) is 0 Å². The van der Waals surface area contributed by atoms with E-state index in [0.29, 0.717) is 5.75 Å². The van der Waals surface area contributed by atoms with E-state index in [1.165, 1.54) is 10.4 Å². The third-order valence-electron chi connectivity index (χ3n) is 4.83. The molecule has 0 bridgehead atoms. The Kier molecular flexibility index (Phi) is 5.45. The molecule has 0 N–H and O–H groups in total. The van der Waals surface area contributed by atoms with Crippen LogP contribution in [0.3, 0.4) is 0 Å². The average Bonchev–Trinajstić information content (AvgIpc) is 2.87. The third kappa shape index (κ3) is 3.59. The number of likely N-dealkylation sites (tertiary alicyclic amines) is 1. The van der Waals surface area contributed by atoms with E-state index >= 15 is 0 Å². The lowest BCUT2D eigenvalue weighted by Gasteiger charge is -2.30. The second-order valence-electron chi connectivity index (χ2n) is 6.61. The molecule has 0 saturated carbocycles. The van der Waals surface area contributed by atoms with Crippen molar-refractivity contribution >= 4 is 39.2 Å². The average molecular weight is 364 g/mol. The number of thioether (sulfide) groups is 1. The van der Waals surface area contributed by atoms with Crippen molar-refractivity contribution in [2.75, 3.05) is 18.8 Å². The van der Waals surface area contributed by atoms with Gasteiger partial charge in [0.05, 0.1) is 5.75 Å². The van der Waals surface area contributed by atoms with E-state index < -0.39 is 0 Å². The summed E-state index contributed by atoms with van der Waals surface area (Å²) in [6, 6.07) is 0. The molecule has 0 unspecified atom stereocenters. The number of rotatable bonds is 4. The lowest BCUT2D eigenvalue weighted by Crippen LogP contribution is -2.38. The number of hydrogen-bond acceptors (Lipinski definition) is 5. The molecular formula is C18H25N3OS2. The molecule has 6 heteroatoms. The third-order valence-corrected chi connectivity index (χ3v) is 6.89. The number of carbonyl (C=O) groups excluding carboxylic acids is 1. The molecule has 0 aromatic carbocycles. The lowest BCUT2D eigenvalue weighted by atomic mass is 9.99. The lowest BCUT2D eigenvalue weighted by molar-refractivity contribution is -0.129. The maximum atomic E-state index is 12.5. The first-order chi connectivity index (χ1) is 11.5. The van der Waals surface area contributed by atoms with Crippen LogP contribution in [0.4, 0.5) is 0 Å². The van der Waals surface area contributed by atoms with E-state index in [9.17, 15) is 4.79 Å². The molecule has 0 spiro atoms. The van der Waals surface area contributed by atoms with Crippen molar-refractivity contribution in [2.24, 2.45) is 5.92 Å². The van der Waals surface area contributed by atoms with E-state index in [1.54, 1.807) is 23.1 Å². The zero-order chi connectivity index (χ0) is 17.3. The maximum Gasteiger partial charge on any atom is 0.232 e. The number of amides is 1. The van der Waals surface area contributed by atoms with Gasteiger partial charge < -0.3 is 4.90 Å². The van der Waals surface area contributed by atoms with Gasteiger partial charge in [0, 0.05) is 29.8 Å². The molecule has 2 aromatic rings. The van der Waals surface area contributed by atoms with Crippen molar-refractivity contribution in [3.05, 3.63) is 16.3 Å². The summed E-state index contributed by atoms with van der Waals surface area (Å²) in [4.78, 5) is 26.2. The highest BCUT2D eigenvalue weighted by Gasteiger charge is 2.21. The molecule has 4 nitrogen and oxygen atoms in total. The minimum Gasteiger partial charge on any atom is -0.342 e. The number of thiophene rings is 1. The standard InChI is InChI=1S/C18H25N3OS2/c1-5-14-19-17(16-12(3)13(4)24-18(16)20-14)23-10-15(22)21-8-6-11(2)7-9-21/h11H,5-10H2,1-4H3. The fraction of sp³-hybridized carbons (Fsp3) is 0.611. The molecule has 2 aromatic heterocycles. The Morgan fingerprint density at radius 3 is 2.67 bits per heavy atom. The van der Waals surface area contributed by atoms with Gasteiger partial charge in [-0.05, 0) is 38.2 Å². The Morgan fingerprint density at radius 1 is 1.29 bits per heavy atom. The van der Waals surface area contributed by atoms with Gasteiger partial charge in [0.15, 0.2) is 0 Å². The Bertz CT molecular complexity index is 748. The Hall–Kier alpha value is -1.14. The second-order valence-corrected chi connectivity index (χ2v) is 8.78. The Balaban J connectivity index is 1.78. The molecule has 3 rings (SSSR count). The smallest absolute Gasteiger partial charge is 0.232 e. The number of carbonyl (C=O) groups is 1. The SMILES string of the molecule is CCc1nc(SCC(=O)N2CCC(C)CC2)c2c(C)c(C)sc2n1. The molecule has 3 heterocycles. The van der Waals surface area contributed by atoms with E-state index in [0.717, 1.165) is 59.3 Å². The van der Waals surface area contributed by atoms with Crippen LogP contribution in [0.2, 0.25) is 0 Å². The van der Waals surface area contributed by atoms with Gasteiger partial charge in [-0.1, -0.05) is 25.6 Å². The fourth-order valence-corrected chi connectivity index (χ4v) is 5.12. The molecule has 0 aliphatic carbocycles. The number of nitrogens with zero attached hydrogens (tertiary/aromatic N) is 3. The summed E-state index contributed by atoms with van der Waals surface area (Å²) in [6.07, 6.45) is 3.06. The molecule has 1 fully saturated rings. The molecule has 1 saturated heterocycles. The number of aromatic nitrogens is 2. The molecule has 0 atom stereocenters. The highest BCUT2D eigenvalue weighted by Crippen LogP contribution is 2.35. The number of hydrogen-bond donors (Lipinski definition) is 0. The first-order valence-corrected chi connectivity index (χ1v) is 10.5. The summed E-state index contributed by atoms with van der Waals surface area (Å²) >= 11 is 3.30. The molecule has 1 amide bonds. The summed E-state index contributed by atoms with van der Waals surface area (Å²) in [5, 5.41) is 2.11. The van der Waals surface area contributed by atoms with Crippen LogP contribution in [0.25, 0.3) is 10.2 Å². The van der Waals surface area contributed by atoms with Crippen LogP contribution in [0.15, 0.2) is 5.03 Å². The number of aryl methyl sites for hydroxylation is 3. The van der Waals surface area contributed by atoms with Crippen LogP contribution < -0.4 is 0 Å². The van der Waals surface area contributed by atoms with Gasteiger partial charge in [0.2, 0.25) is 5.91 Å². The van der Waals surface area contributed by atoms with E-state index in [4.69, 9.17) is 4.98 Å². The van der Waals surface area contributed by atoms with Crippen molar-refractivity contribution in [1.29, 1.82) is 0 Å². The highest BCUT2D eigenvalue weighted by molar-refractivity contribution is 8.00. The first-order valence-electron chi connectivity index (χ1n) is 8.66. The van der Waals surface area contributed by atoms with Gasteiger partial charge in [-0.3, -0.25) is 4.79 Å². The fourth-order valence-electron chi connectivity index (χ4n) is 3.00. The van der Waals surface area contributed by atoms with Crippen LogP contribution in [-0.2, 0) is 11.2 Å². The van der Waals surface area contributed by atoms with E-state index in [2.05, 4.69) is 32.7 Å². The summed E-state index contributed by atoms with van der Waals surface area (Å²) < 4.78 is 0. The van der Waals surface area contributed by atoms with Crippen LogP contribution in [-0.4, -0.2) is 39.6 Å².